The van der Waals surface area contributed by atoms with Gasteiger partial charge in [0.05, 0.1) is 0 Å². The molecule has 0 aromatic carbocycles. The molecule has 1 saturated carbocycles. The molecule has 2 rings (SSSR count). The van der Waals surface area contributed by atoms with Gasteiger partial charge in [0.1, 0.15) is 0 Å². The monoisotopic (exact) mass is 192 g/mol. The van der Waals surface area contributed by atoms with Crippen LogP contribution in [-0.2, 0) is 0 Å². The summed E-state index contributed by atoms with van der Waals surface area (Å²) in [5, 5.41) is 4.36. The van der Waals surface area contributed by atoms with E-state index in [1.54, 1.807) is 0 Å². The minimum atomic E-state index is 0. The van der Waals surface area contributed by atoms with E-state index in [9.17, 15) is 0 Å². The summed E-state index contributed by atoms with van der Waals surface area (Å²) in [4.78, 5) is 2.58. The zero-order valence-corrected chi connectivity index (χ0v) is 11.4. The van der Waals surface area contributed by atoms with Gasteiger partial charge in [-0.05, 0) is 19.9 Å². The van der Waals surface area contributed by atoms with Gasteiger partial charge in [0, 0.05) is 12.1 Å². The van der Waals surface area contributed by atoms with Gasteiger partial charge in [0.2, 0.25) is 0 Å². The predicted molar refractivity (Wildman–Crippen MR) is 46.9 cm³/mol. The van der Waals surface area contributed by atoms with Gasteiger partial charge in [0.25, 0.3) is 0 Å². The molecular formula is C9H17KN2. The summed E-state index contributed by atoms with van der Waals surface area (Å²) in [6.07, 6.45) is 5.47. The number of rotatable bonds is 2. The topological polar surface area (TPSA) is 17.3 Å². The molecule has 1 heterocycles. The molecule has 0 unspecified atom stereocenters. The van der Waals surface area contributed by atoms with Crippen LogP contribution in [0, 0.1) is 0 Å². The third kappa shape index (κ3) is 3.05. The third-order valence-electron chi connectivity index (χ3n) is 2.94. The molecular weight excluding hydrogens is 175 g/mol. The molecule has 2 nitrogen and oxygen atoms in total. The molecule has 0 bridgehead atoms. The first-order valence-corrected chi connectivity index (χ1v) is 4.73. The van der Waals surface area contributed by atoms with Gasteiger partial charge in [-0.25, -0.2) is 0 Å². The van der Waals surface area contributed by atoms with Crippen molar-refractivity contribution in [3.8, 4) is 0 Å². The van der Waals surface area contributed by atoms with Crippen LogP contribution in [0.2, 0.25) is 0 Å². The van der Waals surface area contributed by atoms with Crippen LogP contribution in [0.4, 0.5) is 0 Å². The normalized spacial score (nSPS) is 25.5. The molecule has 2 fully saturated rings. The summed E-state index contributed by atoms with van der Waals surface area (Å²) in [6, 6.07) is 1.78. The Hall–Kier alpha value is 1.56. The fraction of sp³-hybridized carbons (Fsp3) is 1.00. The van der Waals surface area contributed by atoms with E-state index in [4.69, 9.17) is 0 Å². The van der Waals surface area contributed by atoms with Crippen LogP contribution < -0.4 is 51.4 Å². The van der Waals surface area contributed by atoms with Gasteiger partial charge in [-0.2, -0.15) is 0 Å². The fourth-order valence-electron chi connectivity index (χ4n) is 1.92. The maximum atomic E-state index is 4.36. The van der Waals surface area contributed by atoms with Crippen molar-refractivity contribution in [1.29, 1.82) is 0 Å². The largest absolute Gasteiger partial charge is 1.00 e. The Kier molecular flexibility index (Phi) is 5.27. The van der Waals surface area contributed by atoms with E-state index in [1.165, 1.54) is 25.7 Å². The summed E-state index contributed by atoms with van der Waals surface area (Å²) < 4.78 is 0. The molecule has 0 aromatic heterocycles. The molecule has 12 heavy (non-hydrogen) atoms. The Bertz CT molecular complexity index is 130. The Balaban J connectivity index is 0.000000720. The fourth-order valence-corrected chi connectivity index (χ4v) is 1.92. The second-order valence-corrected chi connectivity index (χ2v) is 3.80. The summed E-state index contributed by atoms with van der Waals surface area (Å²) in [7, 11) is 2.29. The Morgan fingerprint density at radius 1 is 1.00 bits per heavy atom. The van der Waals surface area contributed by atoms with Crippen LogP contribution in [0.1, 0.15) is 25.7 Å². The van der Waals surface area contributed by atoms with Crippen LogP contribution in [0.5, 0.6) is 0 Å². The van der Waals surface area contributed by atoms with Gasteiger partial charge in [0.15, 0.2) is 0 Å². The van der Waals surface area contributed by atoms with Gasteiger partial charge >= 0.3 is 51.4 Å². The van der Waals surface area contributed by atoms with Crippen molar-refractivity contribution < 1.29 is 51.4 Å². The van der Waals surface area contributed by atoms with E-state index >= 15 is 0 Å². The first kappa shape index (κ1) is 11.6. The smallest absolute Gasteiger partial charge is 0.662 e. The summed E-state index contributed by atoms with van der Waals surface area (Å²) in [5.41, 5.74) is 0. The second kappa shape index (κ2) is 5.44. The van der Waals surface area contributed by atoms with Gasteiger partial charge in [-0.3, -0.25) is 0 Å². The molecule has 0 amide bonds. The maximum absolute atomic E-state index is 4.36. The Labute approximate surface area is 118 Å². The minimum absolute atomic E-state index is 0. The average Bonchev–Trinajstić information content (AvgIpc) is 2.87. The van der Waals surface area contributed by atoms with Crippen LogP contribution in [0.3, 0.4) is 0 Å². The molecule has 64 valence electrons. The van der Waals surface area contributed by atoms with Crippen LogP contribution in [0.15, 0.2) is 0 Å². The molecule has 0 atom stereocenters. The van der Waals surface area contributed by atoms with Gasteiger partial charge in [-0.15, -0.1) is 13.1 Å². The standard InChI is InChI=1S/C9H17N2.K/c1-11(8-2-3-8)9-4-6-10-7-5-9;/h8-9H,2-7H2,1H3;/q-1;+1. The van der Waals surface area contributed by atoms with Crippen molar-refractivity contribution in [3.63, 3.8) is 0 Å². The molecule has 2 aliphatic rings. The molecule has 0 radical (unpaired) electrons. The van der Waals surface area contributed by atoms with E-state index in [-0.39, 0.29) is 51.4 Å². The van der Waals surface area contributed by atoms with Crippen molar-refractivity contribution in [2.75, 3.05) is 20.1 Å². The van der Waals surface area contributed by atoms with E-state index < -0.39 is 0 Å². The number of hydrogen-bond acceptors (Lipinski definition) is 1. The van der Waals surface area contributed by atoms with Crippen LogP contribution in [0.25, 0.3) is 5.32 Å². The average molecular weight is 192 g/mol. The summed E-state index contributed by atoms with van der Waals surface area (Å²) in [6.45, 7) is 2.20. The first-order valence-electron chi connectivity index (χ1n) is 4.73. The van der Waals surface area contributed by atoms with Gasteiger partial charge < -0.3 is 10.2 Å². The molecule has 3 heteroatoms. The third-order valence-corrected chi connectivity index (χ3v) is 2.94. The second-order valence-electron chi connectivity index (χ2n) is 3.80. The molecule has 0 spiro atoms. The van der Waals surface area contributed by atoms with Crippen molar-refractivity contribution in [2.24, 2.45) is 0 Å². The SMILES string of the molecule is CN(C1CC[N-]CC1)C1CC1.[K+]. The summed E-state index contributed by atoms with van der Waals surface area (Å²) in [5.74, 6) is 0. The molecule has 0 aromatic rings. The van der Waals surface area contributed by atoms with E-state index in [2.05, 4.69) is 17.3 Å². The van der Waals surface area contributed by atoms with Gasteiger partial charge in [-0.1, -0.05) is 12.8 Å². The van der Waals surface area contributed by atoms with Crippen molar-refractivity contribution in [3.05, 3.63) is 5.32 Å². The quantitative estimate of drug-likeness (QED) is 0.493. The summed E-state index contributed by atoms with van der Waals surface area (Å²) >= 11 is 0. The minimum Gasteiger partial charge on any atom is -0.662 e. The molecule has 1 aliphatic carbocycles. The Morgan fingerprint density at radius 2 is 1.50 bits per heavy atom. The molecule has 1 aliphatic heterocycles. The zero-order chi connectivity index (χ0) is 7.68. The van der Waals surface area contributed by atoms with E-state index in [1.807, 2.05) is 0 Å². The molecule has 0 N–H and O–H groups in total. The zero-order valence-electron chi connectivity index (χ0n) is 8.29. The number of nitrogens with zero attached hydrogens (tertiary/aromatic N) is 2. The van der Waals surface area contributed by atoms with Crippen molar-refractivity contribution >= 4 is 0 Å². The maximum Gasteiger partial charge on any atom is 1.00 e. The van der Waals surface area contributed by atoms with Crippen LogP contribution >= 0.6 is 0 Å². The Morgan fingerprint density at radius 3 is 2.00 bits per heavy atom. The van der Waals surface area contributed by atoms with E-state index in [0.29, 0.717) is 0 Å². The molecule has 1 saturated heterocycles. The van der Waals surface area contributed by atoms with E-state index in [0.717, 1.165) is 25.2 Å². The number of hydrogen-bond donors (Lipinski definition) is 0. The first-order chi connectivity index (χ1) is 5.38. The van der Waals surface area contributed by atoms with Crippen molar-refractivity contribution in [2.45, 2.75) is 37.8 Å². The number of piperidine rings is 1. The predicted octanol–water partition coefficient (Wildman–Crippen LogP) is -1.38. The van der Waals surface area contributed by atoms with Crippen molar-refractivity contribution in [1.82, 2.24) is 4.90 Å². The van der Waals surface area contributed by atoms with Crippen LogP contribution in [-0.4, -0.2) is 37.1 Å².